The number of nitrogens with one attached hydrogen (secondary N) is 1. The van der Waals surface area contributed by atoms with Gasteiger partial charge >= 0.3 is 6.09 Å². The third-order valence-corrected chi connectivity index (χ3v) is 12.9. The third-order valence-electron chi connectivity index (χ3n) is 8.74. The van der Waals surface area contributed by atoms with Crippen LogP contribution >= 0.6 is 6.89 Å². The summed E-state index contributed by atoms with van der Waals surface area (Å²) in [5.74, 6) is -0.655. The number of alkyl carbamates (subject to hydrolysis) is 1. The zero-order chi connectivity index (χ0) is 34.4. The van der Waals surface area contributed by atoms with E-state index in [1.54, 1.807) is 0 Å². The second-order valence-corrected chi connectivity index (χ2v) is 16.3. The van der Waals surface area contributed by atoms with E-state index in [-0.39, 0.29) is 24.4 Å². The summed E-state index contributed by atoms with van der Waals surface area (Å²) < 4.78 is 12.0. The summed E-state index contributed by atoms with van der Waals surface area (Å²) in [6.07, 6.45) is -0.752. The Hall–Kier alpha value is -5.21. The maximum absolute atomic E-state index is 14.9. The van der Waals surface area contributed by atoms with Crippen molar-refractivity contribution >= 4 is 40.0 Å². The van der Waals surface area contributed by atoms with Crippen molar-refractivity contribution in [2.75, 3.05) is 13.2 Å². The third kappa shape index (κ3) is 6.87. The first-order chi connectivity index (χ1) is 23.7. The molecule has 1 aliphatic carbocycles. The number of carbonyl (C=O) groups is 2. The number of carbonyl (C=O) groups excluding carboxylic acids is 2. The van der Waals surface area contributed by atoms with E-state index in [9.17, 15) is 14.9 Å². The van der Waals surface area contributed by atoms with Crippen molar-refractivity contribution in [2.24, 2.45) is 0 Å². The molecule has 0 unspecified atom stereocenters. The van der Waals surface area contributed by atoms with Crippen LogP contribution in [0.3, 0.4) is 0 Å². The highest BCUT2D eigenvalue weighted by molar-refractivity contribution is 7.97. The summed E-state index contributed by atoms with van der Waals surface area (Å²) in [4.78, 5) is 28.5. The number of benzene rings is 5. The van der Waals surface area contributed by atoms with Crippen molar-refractivity contribution < 1.29 is 19.1 Å². The van der Waals surface area contributed by atoms with E-state index in [1.807, 2.05) is 136 Å². The molecule has 246 valence electrons. The van der Waals surface area contributed by atoms with Crippen molar-refractivity contribution in [2.45, 2.75) is 38.3 Å². The molecule has 0 saturated carbocycles. The first-order valence-corrected chi connectivity index (χ1v) is 18.2. The van der Waals surface area contributed by atoms with Crippen molar-refractivity contribution in [1.82, 2.24) is 5.32 Å². The van der Waals surface area contributed by atoms with Gasteiger partial charge in [0.2, 0.25) is 0 Å². The summed E-state index contributed by atoms with van der Waals surface area (Å²) in [5, 5.41) is 16.4. The van der Waals surface area contributed by atoms with Gasteiger partial charge in [0.25, 0.3) is 0 Å². The zero-order valence-electron chi connectivity index (χ0n) is 27.9. The van der Waals surface area contributed by atoms with Gasteiger partial charge in [0.15, 0.2) is 5.78 Å². The molecule has 0 aliphatic heterocycles. The number of rotatable bonds is 10. The maximum atomic E-state index is 14.9. The smallest absolute Gasteiger partial charge is 0.407 e. The molecule has 1 N–H and O–H groups in total. The summed E-state index contributed by atoms with van der Waals surface area (Å²) in [5.41, 5.74) is 3.80. The molecule has 0 spiro atoms. The van der Waals surface area contributed by atoms with Crippen molar-refractivity contribution in [1.29, 1.82) is 5.26 Å². The van der Waals surface area contributed by atoms with Crippen LogP contribution in [0.5, 0.6) is 0 Å². The molecule has 0 heterocycles. The number of hydrogen-bond acceptors (Lipinski definition) is 5. The largest absolute Gasteiger partial charge is 0.449 e. The van der Waals surface area contributed by atoms with Crippen LogP contribution in [0, 0.1) is 11.3 Å². The Morgan fingerprint density at radius 1 is 0.714 bits per heavy atom. The predicted octanol–water partition coefficient (Wildman–Crippen LogP) is 6.97. The van der Waals surface area contributed by atoms with E-state index in [4.69, 9.17) is 9.47 Å². The lowest BCUT2D eigenvalue weighted by atomic mass is 9.98. The molecule has 5 aromatic carbocycles. The summed E-state index contributed by atoms with van der Waals surface area (Å²) >= 11 is 0. The van der Waals surface area contributed by atoms with Gasteiger partial charge in [0.1, 0.15) is 24.0 Å². The molecule has 49 heavy (non-hydrogen) atoms. The number of nitriles is 1. The number of nitrogens with zero attached hydrogens (tertiary/aromatic N) is 1. The molecule has 6 nitrogen and oxygen atoms in total. The topological polar surface area (TPSA) is 88.4 Å². The number of Topliss-reactive ketones (excluding diaryl/α,β-unsaturated/α-hetero) is 1. The minimum absolute atomic E-state index is 0.0672. The highest BCUT2D eigenvalue weighted by atomic mass is 31.2. The van der Waals surface area contributed by atoms with Gasteiger partial charge in [-0.15, -0.1) is 0 Å². The number of amides is 1. The molecule has 1 aliphatic rings. The van der Waals surface area contributed by atoms with Crippen LogP contribution in [0.2, 0.25) is 0 Å². The van der Waals surface area contributed by atoms with Crippen LogP contribution in [0.15, 0.2) is 140 Å². The Balaban J connectivity index is 1.40. The Bertz CT molecular complexity index is 1900. The molecule has 0 saturated heterocycles. The molecule has 0 fully saturated rings. The highest BCUT2D eigenvalue weighted by Crippen LogP contribution is 2.47. The minimum Gasteiger partial charge on any atom is -0.449 e. The van der Waals surface area contributed by atoms with Crippen LogP contribution in [0.4, 0.5) is 4.79 Å². The van der Waals surface area contributed by atoms with Crippen LogP contribution in [0.1, 0.15) is 37.8 Å². The van der Waals surface area contributed by atoms with Crippen LogP contribution in [-0.2, 0) is 14.3 Å². The van der Waals surface area contributed by atoms with Crippen molar-refractivity contribution in [3.05, 3.63) is 151 Å². The Morgan fingerprint density at radius 3 is 1.57 bits per heavy atom. The summed E-state index contributed by atoms with van der Waals surface area (Å²) in [6, 6.07) is 46.5. The van der Waals surface area contributed by atoms with Crippen LogP contribution < -0.4 is 21.2 Å². The lowest BCUT2D eigenvalue weighted by molar-refractivity contribution is -0.117. The van der Waals surface area contributed by atoms with Gasteiger partial charge in [-0.05, 0) is 65.8 Å². The number of hydrogen-bond donors (Lipinski definition) is 1. The van der Waals surface area contributed by atoms with Gasteiger partial charge in [-0.25, -0.2) is 4.79 Å². The average Bonchev–Trinajstić information content (AvgIpc) is 3.45. The van der Waals surface area contributed by atoms with E-state index in [2.05, 4.69) is 35.7 Å². The van der Waals surface area contributed by atoms with Gasteiger partial charge < -0.3 is 14.8 Å². The minimum atomic E-state index is -3.03. The van der Waals surface area contributed by atoms with Gasteiger partial charge in [-0.3, -0.25) is 4.79 Å². The second-order valence-electron chi connectivity index (χ2n) is 12.9. The Kier molecular flexibility index (Phi) is 9.97. The molecule has 0 radical (unpaired) electrons. The van der Waals surface area contributed by atoms with Gasteiger partial charge in [-0.1, -0.05) is 140 Å². The molecule has 0 aromatic heterocycles. The van der Waals surface area contributed by atoms with Crippen LogP contribution in [0.25, 0.3) is 11.1 Å². The van der Waals surface area contributed by atoms with E-state index in [0.717, 1.165) is 38.2 Å². The second kappa shape index (κ2) is 14.5. The van der Waals surface area contributed by atoms with Crippen molar-refractivity contribution in [3.63, 3.8) is 0 Å². The molecule has 1 amide bonds. The number of ketones is 1. The molecule has 6 rings (SSSR count). The van der Waals surface area contributed by atoms with E-state index >= 15 is 0 Å². The molecular formula is C42H39N2O4P. The normalized spacial score (nSPS) is 13.0. The Labute approximate surface area is 288 Å². The lowest BCUT2D eigenvalue weighted by Gasteiger charge is -2.31. The zero-order valence-corrected chi connectivity index (χ0v) is 28.8. The van der Waals surface area contributed by atoms with Gasteiger partial charge in [0, 0.05) is 5.92 Å². The van der Waals surface area contributed by atoms with Gasteiger partial charge in [-0.2, -0.15) is 5.26 Å². The number of fused-ring (bicyclic) bond motifs is 3. The fourth-order valence-corrected chi connectivity index (χ4v) is 10.7. The van der Waals surface area contributed by atoms with Gasteiger partial charge in [0.05, 0.1) is 12.2 Å². The Morgan fingerprint density at radius 2 is 1.14 bits per heavy atom. The molecule has 0 bridgehead atoms. The number of ether oxygens (including phenoxy) is 2. The molecule has 7 heteroatoms. The fourth-order valence-electron chi connectivity index (χ4n) is 6.55. The highest BCUT2D eigenvalue weighted by Gasteiger charge is 2.37. The quantitative estimate of drug-likeness (QED) is 0.163. The first-order valence-electron chi connectivity index (χ1n) is 16.4. The molecule has 1 atom stereocenters. The first kappa shape index (κ1) is 33.7. The predicted molar refractivity (Wildman–Crippen MR) is 198 cm³/mol. The average molecular weight is 667 g/mol. The van der Waals surface area contributed by atoms with E-state index in [1.165, 1.54) is 0 Å². The van der Waals surface area contributed by atoms with E-state index < -0.39 is 30.4 Å². The SMILES string of the molecule is CC(C)(C)OC[C@@H](NC(=O)OCC1c2ccccc2-c2ccccc21)C(=O)C(C#N)=P(c1ccccc1)(c1ccccc1)c1ccccc1. The van der Waals surface area contributed by atoms with E-state index in [0.29, 0.717) is 0 Å². The molecule has 5 aromatic rings. The van der Waals surface area contributed by atoms with Crippen molar-refractivity contribution in [3.8, 4) is 17.2 Å². The summed E-state index contributed by atoms with van der Waals surface area (Å²) in [6.45, 7) is 2.56. The fraction of sp³-hybridized carbons (Fsp3) is 0.190. The maximum Gasteiger partial charge on any atom is 0.407 e. The standard InChI is InChI=1S/C42H39N2O4P/c1-42(2,3)48-29-38(44-41(46)47-28-37-35-25-15-13-23-33(35)34-24-14-16-26-36(34)37)40(45)39(27-43)49(30-17-7-4-8-18-30,31-19-9-5-10-20-31)32-21-11-6-12-22-32/h4-26,37-38H,28-29H2,1-3H3,(H,44,46)/t38-/m1/s1. The lowest BCUT2D eigenvalue weighted by Crippen LogP contribution is -2.49. The van der Waals surface area contributed by atoms with Crippen LogP contribution in [-0.4, -0.2) is 42.0 Å². The monoisotopic (exact) mass is 666 g/mol. The molecular weight excluding hydrogens is 627 g/mol. The summed E-state index contributed by atoms with van der Waals surface area (Å²) in [7, 11) is 0.